The molecule has 0 saturated heterocycles. The van der Waals surface area contributed by atoms with Gasteiger partial charge in [-0.2, -0.15) is 4.31 Å². The minimum absolute atomic E-state index is 0.0461. The first-order valence-corrected chi connectivity index (χ1v) is 13.2. The van der Waals surface area contributed by atoms with E-state index in [1.54, 1.807) is 0 Å². The summed E-state index contributed by atoms with van der Waals surface area (Å²) in [5.74, 6) is -0.395. The van der Waals surface area contributed by atoms with Crippen molar-refractivity contribution in [2.24, 2.45) is 5.92 Å². The van der Waals surface area contributed by atoms with Gasteiger partial charge < -0.3 is 10.2 Å². The molecule has 9 heteroatoms. The molecule has 7 nitrogen and oxygen atoms in total. The van der Waals surface area contributed by atoms with Gasteiger partial charge in [-0.15, -0.1) is 0 Å². The zero-order valence-electron chi connectivity index (χ0n) is 20.2. The zero-order valence-corrected chi connectivity index (χ0v) is 21.8. The molecular formula is C25H34ClN3O4S. The first-order valence-electron chi connectivity index (χ1n) is 11.4. The predicted octanol–water partition coefficient (Wildman–Crippen LogP) is 3.58. The summed E-state index contributed by atoms with van der Waals surface area (Å²) in [5.41, 5.74) is 1.03. The molecule has 0 aliphatic heterocycles. The van der Waals surface area contributed by atoms with Crippen molar-refractivity contribution in [3.8, 4) is 0 Å². The van der Waals surface area contributed by atoms with Gasteiger partial charge in [0.05, 0.1) is 11.4 Å². The number of amides is 2. The Hall–Kier alpha value is -2.42. The summed E-state index contributed by atoms with van der Waals surface area (Å²) in [5, 5.41) is 3.32. The van der Waals surface area contributed by atoms with Crippen LogP contribution in [0.2, 0.25) is 5.02 Å². The first-order chi connectivity index (χ1) is 16.1. The predicted molar refractivity (Wildman–Crippen MR) is 135 cm³/mol. The van der Waals surface area contributed by atoms with Gasteiger partial charge >= 0.3 is 0 Å². The Bertz CT molecular complexity index is 1040. The van der Waals surface area contributed by atoms with Crippen LogP contribution >= 0.6 is 11.6 Å². The molecule has 0 radical (unpaired) electrons. The maximum absolute atomic E-state index is 13.4. The lowest BCUT2D eigenvalue weighted by Gasteiger charge is -2.32. The lowest BCUT2D eigenvalue weighted by molar-refractivity contribution is -0.140. The molecule has 0 aromatic heterocycles. The molecule has 34 heavy (non-hydrogen) atoms. The number of sulfonamides is 1. The fourth-order valence-corrected chi connectivity index (χ4v) is 4.72. The maximum atomic E-state index is 13.4. The monoisotopic (exact) mass is 507 g/mol. The summed E-state index contributed by atoms with van der Waals surface area (Å²) >= 11 is 5.87. The van der Waals surface area contributed by atoms with Crippen molar-refractivity contribution in [1.82, 2.24) is 14.5 Å². The van der Waals surface area contributed by atoms with Crippen molar-refractivity contribution in [2.45, 2.75) is 44.6 Å². The lowest BCUT2D eigenvalue weighted by Crippen LogP contribution is -2.53. The Labute approximate surface area is 208 Å². The molecule has 0 spiro atoms. The van der Waals surface area contributed by atoms with Crippen LogP contribution in [0.15, 0.2) is 59.5 Å². The van der Waals surface area contributed by atoms with Crippen molar-refractivity contribution in [3.05, 3.63) is 65.2 Å². The normalized spacial score (nSPS) is 12.6. The molecule has 1 N–H and O–H groups in total. The number of likely N-dealkylation sites (N-methyl/N-ethyl adjacent to an activating group) is 1. The molecule has 2 amide bonds. The van der Waals surface area contributed by atoms with E-state index in [0.29, 0.717) is 31.0 Å². The van der Waals surface area contributed by atoms with Gasteiger partial charge in [0.25, 0.3) is 0 Å². The fraction of sp³-hybridized carbons (Fsp3) is 0.440. The Balaban J connectivity index is 2.23. The first kappa shape index (κ1) is 27.8. The third-order valence-corrected chi connectivity index (χ3v) is 7.50. The summed E-state index contributed by atoms with van der Waals surface area (Å²) in [4.78, 5) is 27.8. The lowest BCUT2D eigenvalue weighted by atomic mass is 10.1. The maximum Gasteiger partial charge on any atom is 0.243 e. The SMILES string of the molecule is CC[C@H](C(=O)NCC(C)C)N(CCc1ccccc1)C(=O)CN(C)S(=O)(=O)c1ccc(Cl)cc1. The molecule has 0 saturated carbocycles. The summed E-state index contributed by atoms with van der Waals surface area (Å²) < 4.78 is 26.9. The van der Waals surface area contributed by atoms with E-state index in [4.69, 9.17) is 11.6 Å². The number of hydrogen-bond acceptors (Lipinski definition) is 4. The average Bonchev–Trinajstić information content (AvgIpc) is 2.81. The summed E-state index contributed by atoms with van der Waals surface area (Å²) in [6.45, 7) is 6.25. The van der Waals surface area contributed by atoms with Crippen molar-refractivity contribution in [2.75, 3.05) is 26.7 Å². The second-order valence-electron chi connectivity index (χ2n) is 8.60. The van der Waals surface area contributed by atoms with Gasteiger partial charge in [-0.25, -0.2) is 8.42 Å². The minimum Gasteiger partial charge on any atom is -0.354 e. The quantitative estimate of drug-likeness (QED) is 0.475. The summed E-state index contributed by atoms with van der Waals surface area (Å²) in [6.07, 6.45) is 0.965. The molecule has 0 fully saturated rings. The van der Waals surface area contributed by atoms with E-state index >= 15 is 0 Å². The third-order valence-electron chi connectivity index (χ3n) is 5.43. The van der Waals surface area contributed by atoms with Gasteiger partial charge in [-0.1, -0.05) is 62.7 Å². The number of carbonyl (C=O) groups excluding carboxylic acids is 2. The third kappa shape index (κ3) is 7.82. The molecule has 2 rings (SSSR count). The summed E-state index contributed by atoms with van der Waals surface area (Å²) in [6, 6.07) is 14.8. The van der Waals surface area contributed by atoms with Gasteiger partial charge in [0.1, 0.15) is 6.04 Å². The number of benzene rings is 2. The van der Waals surface area contributed by atoms with Crippen LogP contribution in [0, 0.1) is 5.92 Å². The van der Waals surface area contributed by atoms with Crippen molar-refractivity contribution in [3.63, 3.8) is 0 Å². The Morgan fingerprint density at radius 1 is 1.03 bits per heavy atom. The van der Waals surface area contributed by atoms with Crippen LogP contribution in [0.1, 0.15) is 32.8 Å². The highest BCUT2D eigenvalue weighted by Gasteiger charge is 2.31. The molecule has 0 unspecified atom stereocenters. The topological polar surface area (TPSA) is 86.8 Å². The van der Waals surface area contributed by atoms with Crippen LogP contribution in [0.5, 0.6) is 0 Å². The number of halogens is 1. The Morgan fingerprint density at radius 3 is 2.21 bits per heavy atom. The van der Waals surface area contributed by atoms with Crippen molar-refractivity contribution >= 4 is 33.4 Å². The van der Waals surface area contributed by atoms with Crippen LogP contribution in [0.4, 0.5) is 0 Å². The van der Waals surface area contributed by atoms with E-state index in [0.717, 1.165) is 9.87 Å². The van der Waals surface area contributed by atoms with E-state index in [9.17, 15) is 18.0 Å². The van der Waals surface area contributed by atoms with Crippen LogP contribution in [-0.4, -0.2) is 62.2 Å². The molecule has 2 aromatic rings. The fourth-order valence-electron chi connectivity index (χ4n) is 3.47. The number of nitrogens with zero attached hydrogens (tertiary/aromatic N) is 2. The van der Waals surface area contributed by atoms with E-state index in [1.807, 2.05) is 51.1 Å². The average molecular weight is 508 g/mol. The van der Waals surface area contributed by atoms with E-state index < -0.39 is 22.0 Å². The number of nitrogens with one attached hydrogen (secondary N) is 1. The van der Waals surface area contributed by atoms with Gasteiger partial charge in [0.15, 0.2) is 0 Å². The second-order valence-corrected chi connectivity index (χ2v) is 11.1. The van der Waals surface area contributed by atoms with Gasteiger partial charge in [0, 0.05) is 25.2 Å². The van der Waals surface area contributed by atoms with E-state index in [2.05, 4.69) is 5.32 Å². The number of rotatable bonds is 12. The van der Waals surface area contributed by atoms with Crippen LogP contribution in [0.25, 0.3) is 0 Å². The van der Waals surface area contributed by atoms with Crippen LogP contribution in [-0.2, 0) is 26.0 Å². The Morgan fingerprint density at radius 2 is 1.65 bits per heavy atom. The van der Waals surface area contributed by atoms with Gasteiger partial charge in [0.2, 0.25) is 21.8 Å². The van der Waals surface area contributed by atoms with Gasteiger partial charge in [-0.05, 0) is 48.6 Å². The summed E-state index contributed by atoms with van der Waals surface area (Å²) in [7, 11) is -2.54. The number of hydrogen-bond donors (Lipinski definition) is 1. The largest absolute Gasteiger partial charge is 0.354 e. The van der Waals surface area contributed by atoms with E-state index in [1.165, 1.54) is 36.2 Å². The van der Waals surface area contributed by atoms with Gasteiger partial charge in [-0.3, -0.25) is 9.59 Å². The molecule has 186 valence electrons. The molecule has 1 atom stereocenters. The molecule has 0 aliphatic carbocycles. The highest BCUT2D eigenvalue weighted by molar-refractivity contribution is 7.89. The standard InChI is InChI=1S/C25H34ClN3O4S/c1-5-23(25(31)27-17-19(2)3)29(16-15-20-9-7-6-8-10-20)24(30)18-28(4)34(32,33)22-13-11-21(26)12-14-22/h6-14,19,23H,5,15-18H2,1-4H3,(H,27,31)/t23-/m1/s1. The molecular weight excluding hydrogens is 474 g/mol. The Kier molecular flexibility index (Phi) is 10.5. The highest BCUT2D eigenvalue weighted by Crippen LogP contribution is 2.18. The zero-order chi connectivity index (χ0) is 25.3. The highest BCUT2D eigenvalue weighted by atomic mass is 35.5. The van der Waals surface area contributed by atoms with Crippen LogP contribution in [0.3, 0.4) is 0 Å². The molecule has 0 heterocycles. The molecule has 0 aliphatic rings. The second kappa shape index (κ2) is 12.9. The van der Waals surface area contributed by atoms with Crippen molar-refractivity contribution in [1.29, 1.82) is 0 Å². The smallest absolute Gasteiger partial charge is 0.243 e. The molecule has 2 aromatic carbocycles. The van der Waals surface area contributed by atoms with E-state index in [-0.39, 0.29) is 23.3 Å². The molecule has 0 bridgehead atoms. The minimum atomic E-state index is -3.90. The van der Waals surface area contributed by atoms with Crippen LogP contribution < -0.4 is 5.32 Å². The van der Waals surface area contributed by atoms with Crippen molar-refractivity contribution < 1.29 is 18.0 Å². The number of carbonyl (C=O) groups is 2.